The number of nitrogens with zero attached hydrogens (tertiary/aromatic N) is 2. The van der Waals surface area contributed by atoms with Gasteiger partial charge in [0, 0.05) is 31.3 Å². The fraction of sp³-hybridized carbons (Fsp3) is 0.0833. The summed E-state index contributed by atoms with van der Waals surface area (Å²) in [6, 6.07) is 5.34. The summed E-state index contributed by atoms with van der Waals surface area (Å²) in [5.74, 6) is -0.240. The average molecular weight is 226 g/mol. The molecule has 0 saturated carbocycles. The Labute approximate surface area is 98.1 Å². The number of carbonyl (C=O) groups is 1. The van der Waals surface area contributed by atoms with Gasteiger partial charge in [-0.3, -0.25) is 9.78 Å². The Morgan fingerprint density at radius 1 is 1.53 bits per heavy atom. The lowest BCUT2D eigenvalue weighted by atomic mass is 10.2. The van der Waals surface area contributed by atoms with Gasteiger partial charge in [-0.15, -0.1) is 0 Å². The molecular weight excluding hydrogens is 216 g/mol. The van der Waals surface area contributed by atoms with Crippen molar-refractivity contribution >= 4 is 5.91 Å². The molecular formula is C12H10N4O. The Bertz CT molecular complexity index is 554. The maximum absolute atomic E-state index is 11.7. The number of carbonyl (C=O) groups excluding carboxylic acids is 1. The van der Waals surface area contributed by atoms with E-state index in [2.05, 4.69) is 15.3 Å². The predicted octanol–water partition coefficient (Wildman–Crippen LogP) is 1.21. The van der Waals surface area contributed by atoms with E-state index in [1.54, 1.807) is 6.20 Å². The van der Waals surface area contributed by atoms with Crippen LogP contribution < -0.4 is 5.32 Å². The van der Waals surface area contributed by atoms with Crippen molar-refractivity contribution in [2.75, 3.05) is 0 Å². The molecule has 5 nitrogen and oxygen atoms in total. The molecule has 0 aliphatic heterocycles. The first-order chi connectivity index (χ1) is 8.29. The lowest BCUT2D eigenvalue weighted by molar-refractivity contribution is 0.0950. The van der Waals surface area contributed by atoms with E-state index >= 15 is 0 Å². The van der Waals surface area contributed by atoms with E-state index in [0.29, 0.717) is 17.7 Å². The van der Waals surface area contributed by atoms with Crippen LogP contribution in [0.5, 0.6) is 0 Å². The number of nitriles is 1. The minimum Gasteiger partial charge on any atom is -0.367 e. The third kappa shape index (κ3) is 2.69. The predicted molar refractivity (Wildman–Crippen MR) is 60.9 cm³/mol. The molecule has 2 N–H and O–H groups in total. The summed E-state index contributed by atoms with van der Waals surface area (Å²) < 4.78 is 0. The minimum absolute atomic E-state index is 0.240. The van der Waals surface area contributed by atoms with Crippen LogP contribution in [0.25, 0.3) is 0 Å². The van der Waals surface area contributed by atoms with E-state index < -0.39 is 0 Å². The van der Waals surface area contributed by atoms with Crippen LogP contribution in [0.4, 0.5) is 0 Å². The SMILES string of the molecule is N#Cc1cncc(C(=O)NCc2cc[nH]c2)c1. The van der Waals surface area contributed by atoms with Crippen LogP contribution in [0.15, 0.2) is 36.9 Å². The quantitative estimate of drug-likeness (QED) is 0.825. The highest BCUT2D eigenvalue weighted by atomic mass is 16.1. The zero-order valence-corrected chi connectivity index (χ0v) is 8.97. The normalized spacial score (nSPS) is 9.59. The highest BCUT2D eigenvalue weighted by Crippen LogP contribution is 2.02. The summed E-state index contributed by atoms with van der Waals surface area (Å²) >= 11 is 0. The minimum atomic E-state index is -0.240. The molecule has 0 aliphatic rings. The van der Waals surface area contributed by atoms with Crippen LogP contribution in [0, 0.1) is 11.3 Å². The van der Waals surface area contributed by atoms with Gasteiger partial charge in [0.2, 0.25) is 0 Å². The Hall–Kier alpha value is -2.61. The topological polar surface area (TPSA) is 81.6 Å². The molecule has 0 bridgehead atoms. The Kier molecular flexibility index (Phi) is 3.17. The summed E-state index contributed by atoms with van der Waals surface area (Å²) in [6.45, 7) is 0.444. The van der Waals surface area contributed by atoms with E-state index in [1.807, 2.05) is 18.3 Å². The van der Waals surface area contributed by atoms with Gasteiger partial charge in [0.05, 0.1) is 11.1 Å². The van der Waals surface area contributed by atoms with Crippen molar-refractivity contribution in [3.8, 4) is 6.07 Å². The number of H-pyrrole nitrogens is 1. The summed E-state index contributed by atoms with van der Waals surface area (Å²) in [7, 11) is 0. The molecule has 1 amide bonds. The van der Waals surface area contributed by atoms with Crippen molar-refractivity contribution in [2.24, 2.45) is 0 Å². The Balaban J connectivity index is 2.02. The monoisotopic (exact) mass is 226 g/mol. The largest absolute Gasteiger partial charge is 0.367 e. The highest BCUT2D eigenvalue weighted by Gasteiger charge is 2.06. The van der Waals surface area contributed by atoms with E-state index in [9.17, 15) is 4.79 Å². The molecule has 0 atom stereocenters. The Morgan fingerprint density at radius 3 is 3.12 bits per heavy atom. The molecule has 2 aromatic rings. The molecule has 17 heavy (non-hydrogen) atoms. The van der Waals surface area contributed by atoms with Crippen molar-refractivity contribution in [2.45, 2.75) is 6.54 Å². The van der Waals surface area contributed by atoms with Gasteiger partial charge in [-0.1, -0.05) is 0 Å². The van der Waals surface area contributed by atoms with Gasteiger partial charge in [-0.05, 0) is 17.7 Å². The third-order valence-electron chi connectivity index (χ3n) is 2.24. The molecule has 2 heterocycles. The molecule has 2 aromatic heterocycles. The second kappa shape index (κ2) is 4.94. The maximum atomic E-state index is 11.7. The van der Waals surface area contributed by atoms with Crippen LogP contribution in [0.1, 0.15) is 21.5 Å². The molecule has 0 radical (unpaired) electrons. The van der Waals surface area contributed by atoms with E-state index in [1.165, 1.54) is 18.5 Å². The van der Waals surface area contributed by atoms with Crippen LogP contribution in [-0.4, -0.2) is 15.9 Å². The molecule has 84 valence electrons. The van der Waals surface area contributed by atoms with Gasteiger partial charge >= 0.3 is 0 Å². The molecule has 5 heteroatoms. The first-order valence-electron chi connectivity index (χ1n) is 5.04. The fourth-order valence-electron chi connectivity index (χ4n) is 1.38. The highest BCUT2D eigenvalue weighted by molar-refractivity contribution is 5.94. The summed E-state index contributed by atoms with van der Waals surface area (Å²) in [6.07, 6.45) is 6.46. The number of aromatic amines is 1. The summed E-state index contributed by atoms with van der Waals surface area (Å²) in [5, 5.41) is 11.4. The number of amides is 1. The van der Waals surface area contributed by atoms with Gasteiger partial charge in [-0.25, -0.2) is 0 Å². The third-order valence-corrected chi connectivity index (χ3v) is 2.24. The molecule has 0 unspecified atom stereocenters. The van der Waals surface area contributed by atoms with Crippen molar-refractivity contribution in [3.63, 3.8) is 0 Å². The molecule has 0 aromatic carbocycles. The molecule has 0 saturated heterocycles. The van der Waals surface area contributed by atoms with Crippen LogP contribution >= 0.6 is 0 Å². The number of hydrogen-bond donors (Lipinski definition) is 2. The molecule has 0 aliphatic carbocycles. The number of hydrogen-bond acceptors (Lipinski definition) is 3. The smallest absolute Gasteiger partial charge is 0.253 e. The molecule has 2 rings (SSSR count). The van der Waals surface area contributed by atoms with Crippen LogP contribution in [0.2, 0.25) is 0 Å². The Morgan fingerprint density at radius 2 is 2.41 bits per heavy atom. The average Bonchev–Trinajstić information content (AvgIpc) is 2.89. The first-order valence-corrected chi connectivity index (χ1v) is 5.04. The zero-order chi connectivity index (χ0) is 12.1. The first kappa shape index (κ1) is 10.9. The van der Waals surface area contributed by atoms with Crippen molar-refractivity contribution in [1.82, 2.24) is 15.3 Å². The van der Waals surface area contributed by atoms with Gasteiger partial charge < -0.3 is 10.3 Å². The van der Waals surface area contributed by atoms with Gasteiger partial charge in [-0.2, -0.15) is 5.26 Å². The van der Waals surface area contributed by atoms with Gasteiger partial charge in [0.25, 0.3) is 5.91 Å². The van der Waals surface area contributed by atoms with E-state index in [-0.39, 0.29) is 5.91 Å². The zero-order valence-electron chi connectivity index (χ0n) is 8.97. The van der Waals surface area contributed by atoms with Crippen molar-refractivity contribution < 1.29 is 4.79 Å². The second-order valence-corrected chi connectivity index (χ2v) is 3.48. The van der Waals surface area contributed by atoms with Gasteiger partial charge in [0.1, 0.15) is 6.07 Å². The molecule has 0 spiro atoms. The van der Waals surface area contributed by atoms with E-state index in [0.717, 1.165) is 5.56 Å². The molecule has 0 fully saturated rings. The lowest BCUT2D eigenvalue weighted by Gasteiger charge is -2.03. The van der Waals surface area contributed by atoms with Crippen molar-refractivity contribution in [1.29, 1.82) is 5.26 Å². The number of rotatable bonds is 3. The second-order valence-electron chi connectivity index (χ2n) is 3.48. The van der Waals surface area contributed by atoms with E-state index in [4.69, 9.17) is 5.26 Å². The standard InChI is InChI=1S/C12H10N4O/c13-4-10-3-11(8-15-6-10)12(17)16-7-9-1-2-14-5-9/h1-3,5-6,8,14H,7H2,(H,16,17). The van der Waals surface area contributed by atoms with Crippen LogP contribution in [-0.2, 0) is 6.54 Å². The number of pyridine rings is 1. The number of nitrogens with one attached hydrogen (secondary N) is 2. The summed E-state index contributed by atoms with van der Waals surface area (Å²) in [4.78, 5) is 18.5. The maximum Gasteiger partial charge on any atom is 0.253 e. The van der Waals surface area contributed by atoms with Crippen molar-refractivity contribution in [3.05, 3.63) is 53.6 Å². The fourth-order valence-corrected chi connectivity index (χ4v) is 1.38. The van der Waals surface area contributed by atoms with Crippen LogP contribution in [0.3, 0.4) is 0 Å². The number of aromatic nitrogens is 2. The summed E-state index contributed by atoms with van der Waals surface area (Å²) in [5.41, 5.74) is 1.75. The van der Waals surface area contributed by atoms with Gasteiger partial charge in [0.15, 0.2) is 0 Å². The lowest BCUT2D eigenvalue weighted by Crippen LogP contribution is -2.22.